The smallest absolute Gasteiger partial charge is 0.0784 e. The van der Waals surface area contributed by atoms with Gasteiger partial charge in [-0.05, 0) is 72.3 Å². The van der Waals surface area contributed by atoms with Crippen LogP contribution in [0.4, 0.5) is 0 Å². The fourth-order valence-electron chi connectivity index (χ4n) is 7.73. The largest absolute Gasteiger partial charge is 0.312 e. The maximum Gasteiger partial charge on any atom is 0.0784 e. The summed E-state index contributed by atoms with van der Waals surface area (Å²) in [5.41, 5.74) is 27.9. The van der Waals surface area contributed by atoms with Gasteiger partial charge in [-0.1, -0.05) is 176 Å². The maximum atomic E-state index is 5.58. The topological polar surface area (TPSA) is 64.1 Å². The molecule has 2 aliphatic carbocycles. The lowest BCUT2D eigenvalue weighted by Gasteiger charge is -2.30. The van der Waals surface area contributed by atoms with Crippen molar-refractivity contribution in [1.82, 2.24) is 5.32 Å². The summed E-state index contributed by atoms with van der Waals surface area (Å²) in [6.45, 7) is 1.72. The molecule has 0 saturated heterocycles. The lowest BCUT2D eigenvalue weighted by Crippen LogP contribution is -2.26. The number of nitrogens with two attached hydrogens (primary N) is 2. The first-order valence-electron chi connectivity index (χ1n) is 17.0. The van der Waals surface area contributed by atoms with Gasteiger partial charge in [0.1, 0.15) is 0 Å². The van der Waals surface area contributed by atoms with E-state index >= 15 is 0 Å². The Morgan fingerprint density at radius 1 is 0.408 bits per heavy atom. The fraction of sp³-hybridized carbons (Fsp3) is 0.0870. The Morgan fingerprint density at radius 2 is 0.857 bits per heavy atom. The van der Waals surface area contributed by atoms with E-state index in [2.05, 4.69) is 139 Å². The van der Waals surface area contributed by atoms with E-state index in [0.29, 0.717) is 0 Å². The van der Waals surface area contributed by atoms with Crippen LogP contribution < -0.4 is 16.8 Å². The second kappa shape index (κ2) is 13.1. The lowest BCUT2D eigenvalue weighted by atomic mass is 9.70. The fourth-order valence-corrected chi connectivity index (χ4v) is 7.73. The van der Waals surface area contributed by atoms with Gasteiger partial charge in [0, 0.05) is 13.1 Å². The monoisotopic (exact) mass is 633 g/mol. The van der Waals surface area contributed by atoms with E-state index in [0.717, 1.165) is 18.7 Å². The zero-order valence-electron chi connectivity index (χ0n) is 27.4. The molecule has 1 spiro atoms. The van der Waals surface area contributed by atoms with Crippen molar-refractivity contribution in [3.63, 3.8) is 0 Å². The number of hydrogen-bond donors (Lipinski definition) is 3. The molecule has 0 aromatic heterocycles. The first-order chi connectivity index (χ1) is 24.1. The normalized spacial score (nSPS) is 12.9. The van der Waals surface area contributed by atoms with Crippen LogP contribution in [0.2, 0.25) is 0 Å². The van der Waals surface area contributed by atoms with Crippen molar-refractivity contribution >= 4 is 0 Å². The van der Waals surface area contributed by atoms with E-state index in [-0.39, 0.29) is 5.41 Å². The summed E-state index contributed by atoms with van der Waals surface area (Å²) >= 11 is 0. The molecule has 3 heteroatoms. The Morgan fingerprint density at radius 3 is 1.41 bits per heavy atom. The molecular formula is C46H39N3. The predicted octanol–water partition coefficient (Wildman–Crippen LogP) is 9.59. The first-order valence-corrected chi connectivity index (χ1v) is 17.0. The van der Waals surface area contributed by atoms with E-state index in [9.17, 15) is 0 Å². The van der Waals surface area contributed by atoms with Crippen LogP contribution in [0.15, 0.2) is 176 Å². The van der Waals surface area contributed by atoms with Crippen LogP contribution in [-0.2, 0) is 18.5 Å². The molecule has 238 valence electrons. The zero-order chi connectivity index (χ0) is 33.2. The number of rotatable bonds is 6. The number of fused-ring (bicyclic) bond motifs is 10. The van der Waals surface area contributed by atoms with Crippen molar-refractivity contribution in [3.8, 4) is 33.4 Å². The molecule has 0 bridgehead atoms. The van der Waals surface area contributed by atoms with Crippen LogP contribution in [0, 0.1) is 0 Å². The molecule has 0 atom stereocenters. The lowest BCUT2D eigenvalue weighted by molar-refractivity contribution is 0.691. The Hall–Kier alpha value is -5.58. The standard InChI is InChI=1S/C33H25N.C13H14N2/c1-2-10-23(11-3-1)21-34-22-24-18-19-28-27-14-6-9-17-31(27)33(32(28)20-24)29-15-7-4-12-25(29)26-13-5-8-16-30(26)33;14-13(15)12-8-6-11(7-9-12)10-4-2-1-3-5-10/h1-20,34H,21-22H2;1-9,13H,14-15H2. The Labute approximate surface area is 288 Å². The summed E-state index contributed by atoms with van der Waals surface area (Å²) in [5.74, 6) is 0. The van der Waals surface area contributed by atoms with Gasteiger partial charge in [-0.3, -0.25) is 0 Å². The van der Waals surface area contributed by atoms with Gasteiger partial charge in [0.2, 0.25) is 0 Å². The van der Waals surface area contributed by atoms with Crippen molar-refractivity contribution in [2.24, 2.45) is 11.5 Å². The molecule has 0 saturated carbocycles. The number of nitrogens with one attached hydrogen (secondary N) is 1. The maximum absolute atomic E-state index is 5.58. The molecule has 0 amide bonds. The Balaban J connectivity index is 0.000000195. The molecule has 0 radical (unpaired) electrons. The zero-order valence-corrected chi connectivity index (χ0v) is 27.4. The highest BCUT2D eigenvalue weighted by molar-refractivity contribution is 5.94. The van der Waals surface area contributed by atoms with Crippen LogP contribution in [0.3, 0.4) is 0 Å². The van der Waals surface area contributed by atoms with Gasteiger partial charge < -0.3 is 16.8 Å². The Kier molecular flexibility index (Phi) is 8.24. The summed E-state index contributed by atoms with van der Waals surface area (Å²) in [6.07, 6.45) is -0.394. The van der Waals surface area contributed by atoms with Crippen molar-refractivity contribution in [2.45, 2.75) is 24.7 Å². The van der Waals surface area contributed by atoms with E-state index in [1.807, 2.05) is 42.5 Å². The van der Waals surface area contributed by atoms with Crippen molar-refractivity contribution in [1.29, 1.82) is 0 Å². The molecular weight excluding hydrogens is 595 g/mol. The summed E-state index contributed by atoms with van der Waals surface area (Å²) in [7, 11) is 0. The van der Waals surface area contributed by atoms with E-state index in [4.69, 9.17) is 11.5 Å². The van der Waals surface area contributed by atoms with E-state index in [1.165, 1.54) is 66.8 Å². The highest BCUT2D eigenvalue weighted by Gasteiger charge is 2.51. The third-order valence-electron chi connectivity index (χ3n) is 9.97. The van der Waals surface area contributed by atoms with Crippen LogP contribution >= 0.6 is 0 Å². The average Bonchev–Trinajstić information content (AvgIpc) is 3.63. The van der Waals surface area contributed by atoms with E-state index < -0.39 is 6.17 Å². The third-order valence-corrected chi connectivity index (χ3v) is 9.97. The summed E-state index contributed by atoms with van der Waals surface area (Å²) in [6, 6.07) is 62.9. The molecule has 2 aliphatic rings. The summed E-state index contributed by atoms with van der Waals surface area (Å²) in [5, 5.41) is 3.65. The Bertz CT molecular complexity index is 2160. The second-order valence-electron chi connectivity index (χ2n) is 12.9. The average molecular weight is 634 g/mol. The highest BCUT2D eigenvalue weighted by Crippen LogP contribution is 2.62. The van der Waals surface area contributed by atoms with Gasteiger partial charge in [0.15, 0.2) is 0 Å². The van der Waals surface area contributed by atoms with Crippen LogP contribution in [-0.4, -0.2) is 0 Å². The number of benzene rings is 7. The van der Waals surface area contributed by atoms with Gasteiger partial charge in [-0.25, -0.2) is 0 Å². The van der Waals surface area contributed by atoms with E-state index in [1.54, 1.807) is 0 Å². The van der Waals surface area contributed by atoms with Gasteiger partial charge in [-0.15, -0.1) is 0 Å². The summed E-state index contributed by atoms with van der Waals surface area (Å²) < 4.78 is 0. The molecule has 0 aliphatic heterocycles. The minimum absolute atomic E-state index is 0.255. The van der Waals surface area contributed by atoms with Crippen LogP contribution in [0.5, 0.6) is 0 Å². The quantitative estimate of drug-likeness (QED) is 0.160. The number of hydrogen-bond acceptors (Lipinski definition) is 3. The first kappa shape index (κ1) is 30.7. The molecule has 0 fully saturated rings. The minimum Gasteiger partial charge on any atom is -0.312 e. The van der Waals surface area contributed by atoms with Gasteiger partial charge >= 0.3 is 0 Å². The SMILES string of the molecule is NC(N)c1ccc(-c2ccccc2)cc1.c1ccc(CNCc2ccc3c(c2)C2(c4ccccc4-c4ccccc42)c2ccccc2-3)cc1. The van der Waals surface area contributed by atoms with Crippen molar-refractivity contribution in [2.75, 3.05) is 0 Å². The molecule has 0 heterocycles. The van der Waals surface area contributed by atoms with Crippen molar-refractivity contribution < 1.29 is 0 Å². The van der Waals surface area contributed by atoms with Gasteiger partial charge in [0.05, 0.1) is 11.6 Å². The second-order valence-corrected chi connectivity index (χ2v) is 12.9. The predicted molar refractivity (Wildman–Crippen MR) is 203 cm³/mol. The molecule has 7 aromatic rings. The minimum atomic E-state index is -0.394. The van der Waals surface area contributed by atoms with Gasteiger partial charge in [-0.2, -0.15) is 0 Å². The highest BCUT2D eigenvalue weighted by atomic mass is 14.8. The summed E-state index contributed by atoms with van der Waals surface area (Å²) in [4.78, 5) is 0. The molecule has 5 N–H and O–H groups in total. The molecule has 9 rings (SSSR count). The molecule has 49 heavy (non-hydrogen) atoms. The molecule has 0 unspecified atom stereocenters. The molecule has 7 aromatic carbocycles. The van der Waals surface area contributed by atoms with Crippen molar-refractivity contribution in [3.05, 3.63) is 215 Å². The third kappa shape index (κ3) is 5.48. The van der Waals surface area contributed by atoms with Crippen LogP contribution in [0.25, 0.3) is 33.4 Å². The van der Waals surface area contributed by atoms with Gasteiger partial charge in [0.25, 0.3) is 0 Å². The van der Waals surface area contributed by atoms with Crippen LogP contribution in [0.1, 0.15) is 45.1 Å². The molecule has 3 nitrogen and oxygen atoms in total.